The monoisotopic (exact) mass is 436 g/mol. The first kappa shape index (κ1) is 23.5. The van der Waals surface area contributed by atoms with Crippen LogP contribution in [0.25, 0.3) is 0 Å². The first-order valence-electron chi connectivity index (χ1n) is 11.2. The van der Waals surface area contributed by atoms with Gasteiger partial charge in [-0.05, 0) is 56.9 Å². The first-order valence-corrected chi connectivity index (χ1v) is 11.2. The van der Waals surface area contributed by atoms with Gasteiger partial charge in [0, 0.05) is 37.5 Å². The van der Waals surface area contributed by atoms with E-state index in [9.17, 15) is 14.4 Å². The van der Waals surface area contributed by atoms with Gasteiger partial charge in [-0.1, -0.05) is 35.9 Å². The molecule has 0 saturated carbocycles. The molecule has 0 aromatic heterocycles. The third-order valence-corrected chi connectivity index (χ3v) is 6.01. The largest absolute Gasteiger partial charge is 0.484 e. The van der Waals surface area contributed by atoms with E-state index in [2.05, 4.69) is 5.32 Å². The molecule has 2 aromatic rings. The number of nitrogens with one attached hydrogen (secondary N) is 1. The van der Waals surface area contributed by atoms with Crippen LogP contribution in [0, 0.1) is 20.8 Å². The van der Waals surface area contributed by atoms with Gasteiger partial charge in [-0.3, -0.25) is 14.4 Å². The second-order valence-electron chi connectivity index (χ2n) is 8.55. The minimum atomic E-state index is -0.117. The number of rotatable bonds is 8. The fraction of sp³-hybridized carbons (Fsp3) is 0.423. The highest BCUT2D eigenvalue weighted by molar-refractivity contribution is 5.98. The van der Waals surface area contributed by atoms with Crippen molar-refractivity contribution in [2.75, 3.05) is 19.7 Å². The molecule has 0 unspecified atom stereocenters. The number of carbonyl (C=O) groups is 3. The highest BCUT2D eigenvalue weighted by Gasteiger charge is 2.24. The number of piperidine rings is 1. The number of likely N-dealkylation sites (tertiary alicyclic amines) is 1. The van der Waals surface area contributed by atoms with E-state index in [1.54, 1.807) is 17.0 Å². The van der Waals surface area contributed by atoms with Crippen molar-refractivity contribution in [1.82, 2.24) is 10.2 Å². The molecule has 0 bridgehead atoms. The molecule has 1 N–H and O–H groups in total. The second-order valence-corrected chi connectivity index (χ2v) is 8.55. The zero-order valence-corrected chi connectivity index (χ0v) is 19.1. The molecule has 2 amide bonds. The van der Waals surface area contributed by atoms with Crippen LogP contribution in [0.15, 0.2) is 42.5 Å². The SMILES string of the molecule is Cc1ccc(C(=O)CCC(=O)NC2CCN(C(=O)COc3ccc(C)c(C)c3)CC2)cc1. The van der Waals surface area contributed by atoms with Crippen LogP contribution in [-0.4, -0.2) is 48.2 Å². The van der Waals surface area contributed by atoms with E-state index in [0.717, 1.165) is 11.1 Å². The number of hydrogen-bond acceptors (Lipinski definition) is 4. The average Bonchev–Trinajstić information content (AvgIpc) is 2.79. The Morgan fingerprint density at radius 1 is 0.938 bits per heavy atom. The van der Waals surface area contributed by atoms with Gasteiger partial charge >= 0.3 is 0 Å². The fourth-order valence-corrected chi connectivity index (χ4v) is 3.72. The Morgan fingerprint density at radius 2 is 1.62 bits per heavy atom. The summed E-state index contributed by atoms with van der Waals surface area (Å²) in [7, 11) is 0. The maximum Gasteiger partial charge on any atom is 0.260 e. The molecule has 3 rings (SSSR count). The molecule has 2 aromatic carbocycles. The normalized spacial score (nSPS) is 14.2. The Morgan fingerprint density at radius 3 is 2.28 bits per heavy atom. The van der Waals surface area contributed by atoms with E-state index in [1.807, 2.05) is 51.1 Å². The summed E-state index contributed by atoms with van der Waals surface area (Å²) in [5, 5.41) is 3.00. The number of amides is 2. The van der Waals surface area contributed by atoms with Gasteiger partial charge in [0.2, 0.25) is 5.91 Å². The summed E-state index contributed by atoms with van der Waals surface area (Å²) in [5.41, 5.74) is 4.05. The van der Waals surface area contributed by atoms with Gasteiger partial charge in [0.05, 0.1) is 0 Å². The van der Waals surface area contributed by atoms with Crippen molar-refractivity contribution in [2.45, 2.75) is 52.5 Å². The number of carbonyl (C=O) groups excluding carboxylic acids is 3. The van der Waals surface area contributed by atoms with Crippen LogP contribution in [0.3, 0.4) is 0 Å². The molecule has 1 aliphatic rings. The maximum absolute atomic E-state index is 12.5. The van der Waals surface area contributed by atoms with E-state index >= 15 is 0 Å². The highest BCUT2D eigenvalue weighted by Crippen LogP contribution is 2.17. The zero-order valence-electron chi connectivity index (χ0n) is 19.1. The van der Waals surface area contributed by atoms with Crippen LogP contribution in [0.5, 0.6) is 5.75 Å². The van der Waals surface area contributed by atoms with Gasteiger partial charge < -0.3 is 15.0 Å². The molecule has 6 nitrogen and oxygen atoms in total. The number of nitrogens with zero attached hydrogens (tertiary/aromatic N) is 1. The van der Waals surface area contributed by atoms with Crippen LogP contribution in [0.2, 0.25) is 0 Å². The van der Waals surface area contributed by atoms with Crippen LogP contribution in [0.4, 0.5) is 0 Å². The van der Waals surface area contributed by atoms with E-state index < -0.39 is 0 Å². The lowest BCUT2D eigenvalue weighted by atomic mass is 10.0. The second kappa shape index (κ2) is 10.9. The number of aryl methyl sites for hydroxylation is 3. The van der Waals surface area contributed by atoms with Crippen molar-refractivity contribution in [3.8, 4) is 5.75 Å². The molecule has 0 radical (unpaired) electrons. The van der Waals surface area contributed by atoms with Crippen molar-refractivity contribution in [1.29, 1.82) is 0 Å². The molecule has 0 spiro atoms. The van der Waals surface area contributed by atoms with E-state index in [4.69, 9.17) is 4.74 Å². The lowest BCUT2D eigenvalue weighted by molar-refractivity contribution is -0.134. The van der Waals surface area contributed by atoms with Gasteiger partial charge in [0.1, 0.15) is 5.75 Å². The topological polar surface area (TPSA) is 75.7 Å². The van der Waals surface area contributed by atoms with Crippen molar-refractivity contribution in [3.05, 3.63) is 64.7 Å². The summed E-state index contributed by atoms with van der Waals surface area (Å²) in [6, 6.07) is 13.2. The van der Waals surface area contributed by atoms with Crippen molar-refractivity contribution in [3.63, 3.8) is 0 Å². The lowest BCUT2D eigenvalue weighted by Crippen LogP contribution is -2.47. The zero-order chi connectivity index (χ0) is 23.1. The molecule has 1 aliphatic heterocycles. The van der Waals surface area contributed by atoms with Crippen LogP contribution in [-0.2, 0) is 9.59 Å². The molecule has 0 atom stereocenters. The highest BCUT2D eigenvalue weighted by atomic mass is 16.5. The lowest BCUT2D eigenvalue weighted by Gasteiger charge is -2.32. The summed E-state index contributed by atoms with van der Waals surface area (Å²) in [6.07, 6.45) is 1.78. The van der Waals surface area contributed by atoms with Crippen LogP contribution >= 0.6 is 0 Å². The number of ketones is 1. The molecule has 32 heavy (non-hydrogen) atoms. The summed E-state index contributed by atoms with van der Waals surface area (Å²) in [6.45, 7) is 7.21. The Bertz CT molecular complexity index is 960. The minimum absolute atomic E-state index is 0.0145. The van der Waals surface area contributed by atoms with Crippen molar-refractivity contribution >= 4 is 17.6 Å². The van der Waals surface area contributed by atoms with Crippen LogP contribution in [0.1, 0.15) is 52.7 Å². The predicted molar refractivity (Wildman–Crippen MR) is 124 cm³/mol. The number of benzene rings is 2. The van der Waals surface area contributed by atoms with E-state index in [-0.39, 0.29) is 43.1 Å². The summed E-state index contributed by atoms with van der Waals surface area (Å²) in [5.74, 6) is 0.512. The molecule has 0 aliphatic carbocycles. The third kappa shape index (κ3) is 6.67. The molecule has 1 fully saturated rings. The van der Waals surface area contributed by atoms with Gasteiger partial charge in [-0.25, -0.2) is 0 Å². The van der Waals surface area contributed by atoms with Gasteiger partial charge in [-0.2, -0.15) is 0 Å². The first-order chi connectivity index (χ1) is 15.3. The van der Waals surface area contributed by atoms with Gasteiger partial charge in [0.15, 0.2) is 12.4 Å². The summed E-state index contributed by atoms with van der Waals surface area (Å²) < 4.78 is 5.65. The molecule has 170 valence electrons. The number of ether oxygens (including phenoxy) is 1. The Kier molecular flexibility index (Phi) is 8.03. The third-order valence-electron chi connectivity index (χ3n) is 6.01. The number of Topliss-reactive ketones (excluding diaryl/α,β-unsaturated/α-hetero) is 1. The Hall–Kier alpha value is -3.15. The summed E-state index contributed by atoms with van der Waals surface area (Å²) >= 11 is 0. The Balaban J connectivity index is 1.36. The quantitative estimate of drug-likeness (QED) is 0.640. The molecular formula is C26H32N2O4. The van der Waals surface area contributed by atoms with Crippen molar-refractivity contribution in [2.24, 2.45) is 0 Å². The van der Waals surface area contributed by atoms with Gasteiger partial charge in [-0.15, -0.1) is 0 Å². The van der Waals surface area contributed by atoms with Gasteiger partial charge in [0.25, 0.3) is 5.91 Å². The standard InChI is InChI=1S/C26H32N2O4/c1-18-4-7-21(8-5-18)24(29)10-11-25(30)27-22-12-14-28(15-13-22)26(31)17-32-23-9-6-19(2)20(3)16-23/h4-9,16,22H,10-15,17H2,1-3H3,(H,27,30). The molecule has 1 saturated heterocycles. The average molecular weight is 437 g/mol. The smallest absolute Gasteiger partial charge is 0.260 e. The Labute approximate surface area is 189 Å². The van der Waals surface area contributed by atoms with E-state index in [0.29, 0.717) is 37.2 Å². The minimum Gasteiger partial charge on any atom is -0.484 e. The molecule has 1 heterocycles. The van der Waals surface area contributed by atoms with Crippen LogP contribution < -0.4 is 10.1 Å². The van der Waals surface area contributed by atoms with Crippen molar-refractivity contribution < 1.29 is 19.1 Å². The summed E-state index contributed by atoms with van der Waals surface area (Å²) in [4.78, 5) is 38.7. The molecular weight excluding hydrogens is 404 g/mol. The maximum atomic E-state index is 12.5. The molecule has 6 heteroatoms. The van der Waals surface area contributed by atoms with E-state index in [1.165, 1.54) is 5.56 Å². The fourth-order valence-electron chi connectivity index (χ4n) is 3.72. The predicted octanol–water partition coefficient (Wildman–Crippen LogP) is 3.76. The number of hydrogen-bond donors (Lipinski definition) is 1.